The fraction of sp³-hybridized carbons (Fsp3) is 0.917. The third kappa shape index (κ3) is 3.14. The molecule has 1 N–H and O–H groups in total. The van der Waals surface area contributed by atoms with Crippen molar-refractivity contribution >= 4 is 16.9 Å². The molecule has 1 fully saturated rings. The minimum absolute atomic E-state index is 0.721. The van der Waals surface area contributed by atoms with Gasteiger partial charge < -0.3 is 10.2 Å². The highest BCUT2D eigenvalue weighted by Crippen LogP contribution is 2.22. The van der Waals surface area contributed by atoms with Gasteiger partial charge in [-0.05, 0) is 31.8 Å². The largest absolute Gasteiger partial charge is 0.365 e. The van der Waals surface area contributed by atoms with Crippen molar-refractivity contribution in [2.75, 3.05) is 32.7 Å². The van der Waals surface area contributed by atoms with Crippen LogP contribution >= 0.6 is 11.8 Å². The molecule has 4 heteroatoms. The van der Waals surface area contributed by atoms with Crippen LogP contribution in [0.25, 0.3) is 0 Å². The Morgan fingerprint density at radius 2 is 2.38 bits per heavy atom. The van der Waals surface area contributed by atoms with E-state index in [0.717, 1.165) is 24.3 Å². The van der Waals surface area contributed by atoms with Crippen molar-refractivity contribution in [2.45, 2.75) is 31.9 Å². The van der Waals surface area contributed by atoms with Gasteiger partial charge in [0.15, 0.2) is 5.17 Å². The van der Waals surface area contributed by atoms with E-state index in [-0.39, 0.29) is 0 Å². The second kappa shape index (κ2) is 5.92. The summed E-state index contributed by atoms with van der Waals surface area (Å²) in [5, 5.41) is 5.42. The van der Waals surface area contributed by atoms with E-state index in [1.807, 2.05) is 11.8 Å². The van der Waals surface area contributed by atoms with Crippen LogP contribution in [0.5, 0.6) is 0 Å². The summed E-state index contributed by atoms with van der Waals surface area (Å²) < 4.78 is 0. The second-order valence-corrected chi connectivity index (χ2v) is 6.01. The topological polar surface area (TPSA) is 27.6 Å². The summed E-state index contributed by atoms with van der Waals surface area (Å²) >= 11 is 1.93. The lowest BCUT2D eigenvalue weighted by molar-refractivity contribution is 0.342. The van der Waals surface area contributed by atoms with Crippen LogP contribution in [0.1, 0.15) is 26.7 Å². The first-order valence-electron chi connectivity index (χ1n) is 6.49. The van der Waals surface area contributed by atoms with Crippen LogP contribution in [0.4, 0.5) is 0 Å². The van der Waals surface area contributed by atoms with Gasteiger partial charge in [-0.15, -0.1) is 0 Å². The molecule has 2 unspecified atom stereocenters. The molecule has 2 rings (SSSR count). The number of nitrogens with one attached hydrogen (secondary N) is 1. The minimum Gasteiger partial charge on any atom is -0.365 e. The third-order valence-corrected chi connectivity index (χ3v) is 4.84. The Kier molecular flexibility index (Phi) is 4.53. The lowest BCUT2D eigenvalue weighted by Crippen LogP contribution is -2.29. The maximum absolute atomic E-state index is 4.54. The Morgan fingerprint density at radius 1 is 1.50 bits per heavy atom. The molecule has 0 spiro atoms. The number of rotatable bonds is 4. The maximum Gasteiger partial charge on any atom is 0.156 e. The summed E-state index contributed by atoms with van der Waals surface area (Å²) in [6.45, 7) is 10.3. The Morgan fingerprint density at radius 3 is 3.00 bits per heavy atom. The molecule has 2 atom stereocenters. The average Bonchev–Trinajstić information content (AvgIpc) is 2.95. The van der Waals surface area contributed by atoms with Crippen molar-refractivity contribution in [1.82, 2.24) is 10.2 Å². The van der Waals surface area contributed by atoms with E-state index in [0.29, 0.717) is 0 Å². The molecule has 0 aromatic heterocycles. The van der Waals surface area contributed by atoms with Crippen LogP contribution in [0.2, 0.25) is 0 Å². The van der Waals surface area contributed by atoms with E-state index in [4.69, 9.17) is 0 Å². The summed E-state index contributed by atoms with van der Waals surface area (Å²) in [7, 11) is 0. The Bertz CT molecular complexity index is 255. The first kappa shape index (κ1) is 12.2. The monoisotopic (exact) mass is 241 g/mol. The molecule has 0 aliphatic carbocycles. The molecule has 1 saturated heterocycles. The summed E-state index contributed by atoms with van der Waals surface area (Å²) in [5.41, 5.74) is 0. The first-order chi connectivity index (χ1) is 7.81. The quantitative estimate of drug-likeness (QED) is 0.813. The zero-order valence-electron chi connectivity index (χ0n) is 10.4. The second-order valence-electron chi connectivity index (χ2n) is 4.72. The molecule has 0 aromatic rings. The van der Waals surface area contributed by atoms with Crippen LogP contribution in [0.15, 0.2) is 4.99 Å². The van der Waals surface area contributed by atoms with Gasteiger partial charge in [0.1, 0.15) is 0 Å². The van der Waals surface area contributed by atoms with Gasteiger partial charge in [0.05, 0.1) is 6.54 Å². The van der Waals surface area contributed by atoms with Crippen molar-refractivity contribution in [1.29, 1.82) is 0 Å². The van der Waals surface area contributed by atoms with Crippen molar-refractivity contribution in [3.05, 3.63) is 0 Å². The molecule has 2 heterocycles. The van der Waals surface area contributed by atoms with Gasteiger partial charge in [-0.1, -0.05) is 25.6 Å². The molecule has 2 aliphatic heterocycles. The molecule has 2 aliphatic rings. The maximum atomic E-state index is 4.54. The van der Waals surface area contributed by atoms with Gasteiger partial charge >= 0.3 is 0 Å². The van der Waals surface area contributed by atoms with E-state index in [2.05, 4.69) is 29.1 Å². The van der Waals surface area contributed by atoms with Crippen molar-refractivity contribution in [3.63, 3.8) is 0 Å². The zero-order chi connectivity index (χ0) is 11.4. The average molecular weight is 241 g/mol. The van der Waals surface area contributed by atoms with Crippen LogP contribution in [-0.2, 0) is 0 Å². The van der Waals surface area contributed by atoms with Gasteiger partial charge in [-0.3, -0.25) is 4.99 Å². The zero-order valence-corrected chi connectivity index (χ0v) is 11.2. The smallest absolute Gasteiger partial charge is 0.156 e. The van der Waals surface area contributed by atoms with Crippen molar-refractivity contribution in [3.8, 4) is 0 Å². The number of thioether (sulfide) groups is 1. The lowest BCUT2D eigenvalue weighted by atomic mass is 10.1. The normalized spacial score (nSPS) is 30.8. The van der Waals surface area contributed by atoms with E-state index < -0.39 is 0 Å². The Labute approximate surface area is 103 Å². The number of hydrogen-bond donors (Lipinski definition) is 1. The van der Waals surface area contributed by atoms with Crippen LogP contribution in [0, 0.1) is 5.92 Å². The van der Waals surface area contributed by atoms with Gasteiger partial charge in [0.2, 0.25) is 0 Å². The highest BCUT2D eigenvalue weighted by atomic mass is 32.2. The SMILES string of the molecule is CCC1CN=C(NCC2CCN(CC)C2)S1. The highest BCUT2D eigenvalue weighted by molar-refractivity contribution is 8.14. The lowest BCUT2D eigenvalue weighted by Gasteiger charge is -2.14. The predicted molar refractivity (Wildman–Crippen MR) is 72.2 cm³/mol. The standard InChI is InChI=1S/C12H23N3S/c1-3-11-8-14-12(16-11)13-7-10-5-6-15(4-2)9-10/h10-11H,3-9H2,1-2H3,(H,13,14). The Hall–Kier alpha value is -0.220. The number of likely N-dealkylation sites (tertiary alicyclic amines) is 1. The number of nitrogens with zero attached hydrogens (tertiary/aromatic N) is 2. The molecule has 0 amide bonds. The minimum atomic E-state index is 0.721. The number of hydrogen-bond acceptors (Lipinski definition) is 4. The van der Waals surface area contributed by atoms with Crippen LogP contribution < -0.4 is 5.32 Å². The molecule has 3 nitrogen and oxygen atoms in total. The summed E-state index contributed by atoms with van der Waals surface area (Å²) in [6, 6.07) is 0. The number of aliphatic imine (C=N–C) groups is 1. The van der Waals surface area contributed by atoms with Crippen LogP contribution in [0.3, 0.4) is 0 Å². The van der Waals surface area contributed by atoms with Gasteiger partial charge in [0, 0.05) is 18.3 Å². The van der Waals surface area contributed by atoms with Crippen molar-refractivity contribution in [2.24, 2.45) is 10.9 Å². The van der Waals surface area contributed by atoms with Gasteiger partial charge in [-0.25, -0.2) is 0 Å². The molecule has 0 aromatic carbocycles. The Balaban J connectivity index is 1.65. The van der Waals surface area contributed by atoms with E-state index >= 15 is 0 Å². The number of amidine groups is 1. The predicted octanol–water partition coefficient (Wildman–Crippen LogP) is 1.80. The third-order valence-electron chi connectivity index (χ3n) is 3.53. The van der Waals surface area contributed by atoms with E-state index in [1.54, 1.807) is 0 Å². The molecule has 0 radical (unpaired) electrons. The summed E-state index contributed by atoms with van der Waals surface area (Å²) in [5.74, 6) is 0.823. The van der Waals surface area contributed by atoms with E-state index in [9.17, 15) is 0 Å². The fourth-order valence-electron chi connectivity index (χ4n) is 2.33. The molecule has 16 heavy (non-hydrogen) atoms. The fourth-order valence-corrected chi connectivity index (χ4v) is 3.27. The summed E-state index contributed by atoms with van der Waals surface area (Å²) in [4.78, 5) is 7.08. The molecule has 0 saturated carbocycles. The molecule has 92 valence electrons. The molecule has 0 bridgehead atoms. The van der Waals surface area contributed by atoms with Crippen molar-refractivity contribution < 1.29 is 0 Å². The first-order valence-corrected chi connectivity index (χ1v) is 7.37. The summed E-state index contributed by atoms with van der Waals surface area (Å²) in [6.07, 6.45) is 2.57. The molecular weight excluding hydrogens is 218 g/mol. The highest BCUT2D eigenvalue weighted by Gasteiger charge is 2.23. The van der Waals surface area contributed by atoms with Crippen LogP contribution in [-0.4, -0.2) is 48.0 Å². The molecular formula is C12H23N3S. The van der Waals surface area contributed by atoms with Gasteiger partial charge in [-0.2, -0.15) is 0 Å². The van der Waals surface area contributed by atoms with E-state index in [1.165, 1.54) is 37.6 Å². The van der Waals surface area contributed by atoms with Gasteiger partial charge in [0.25, 0.3) is 0 Å².